The minimum atomic E-state index is -2.16. The first-order valence-electron chi connectivity index (χ1n) is 10.7. The van der Waals surface area contributed by atoms with Gasteiger partial charge in [-0.05, 0) is 30.9 Å². The van der Waals surface area contributed by atoms with E-state index in [-0.39, 0.29) is 49.0 Å². The molecule has 1 aliphatic carbocycles. The van der Waals surface area contributed by atoms with Gasteiger partial charge in [0.2, 0.25) is 0 Å². The van der Waals surface area contributed by atoms with Crippen molar-refractivity contribution in [3.8, 4) is 0 Å². The van der Waals surface area contributed by atoms with E-state index in [0.29, 0.717) is 0 Å². The molecule has 0 spiro atoms. The molecule has 1 aliphatic rings. The molecule has 0 saturated heterocycles. The summed E-state index contributed by atoms with van der Waals surface area (Å²) >= 11 is 0. The molecule has 0 bridgehead atoms. The van der Waals surface area contributed by atoms with Crippen LogP contribution < -0.4 is 10.4 Å². The summed E-state index contributed by atoms with van der Waals surface area (Å²) in [4.78, 5) is 0. The number of rotatable bonds is 5. The number of hydrogen-bond acceptors (Lipinski definition) is 0. The molecular weight excluding hydrogens is 436 g/mol. The second-order valence-corrected chi connectivity index (χ2v) is 13.3. The Labute approximate surface area is 216 Å². The Morgan fingerprint density at radius 3 is 1.75 bits per heavy atom. The SMILES string of the molecule is CCc1cc(CC)cc([Si](C)(c2cccc(C)c2)C2(C)[C-]=C(C)C(C)=C2C)c1.[CH3-].[CH3-].[CH3-].[Ti+4]. The summed E-state index contributed by atoms with van der Waals surface area (Å²) in [6, 6.07) is 16.6. The minimum absolute atomic E-state index is 0. The summed E-state index contributed by atoms with van der Waals surface area (Å²) < 4.78 is 0. The Bertz CT molecular complexity index is 946. The summed E-state index contributed by atoms with van der Waals surface area (Å²) in [5.41, 5.74) is 8.52. The molecule has 0 heterocycles. The minimum Gasteiger partial charge on any atom is -0.358 e. The van der Waals surface area contributed by atoms with E-state index in [2.05, 4.69) is 104 Å². The molecule has 2 atom stereocenters. The Kier molecular flexibility index (Phi) is 12.7. The number of allylic oxidation sites excluding steroid dienone is 4. The van der Waals surface area contributed by atoms with Gasteiger partial charge in [0.25, 0.3) is 0 Å². The van der Waals surface area contributed by atoms with Gasteiger partial charge in [0.05, 0.1) is 0 Å². The molecule has 0 radical (unpaired) electrons. The molecule has 0 aliphatic heterocycles. The van der Waals surface area contributed by atoms with Gasteiger partial charge in [-0.25, -0.2) is 5.57 Å². The van der Waals surface area contributed by atoms with Crippen LogP contribution in [0.3, 0.4) is 0 Å². The monoisotopic (exact) mass is 480 g/mol. The van der Waals surface area contributed by atoms with E-state index in [1.165, 1.54) is 38.6 Å². The zero-order valence-electron chi connectivity index (χ0n) is 22.5. The Morgan fingerprint density at radius 2 is 1.34 bits per heavy atom. The normalized spacial score (nSPS) is 18.9. The molecule has 3 rings (SSSR count). The second kappa shape index (κ2) is 12.4. The van der Waals surface area contributed by atoms with Crippen molar-refractivity contribution < 1.29 is 21.7 Å². The van der Waals surface area contributed by atoms with Crippen LogP contribution in [-0.2, 0) is 34.6 Å². The first-order chi connectivity index (χ1) is 13.2. The van der Waals surface area contributed by atoms with E-state index >= 15 is 0 Å². The molecule has 0 aromatic heterocycles. The third-order valence-electron chi connectivity index (χ3n) is 7.35. The maximum absolute atomic E-state index is 3.97. The molecule has 0 N–H and O–H groups in total. The fourth-order valence-corrected chi connectivity index (χ4v) is 9.64. The zero-order chi connectivity index (χ0) is 20.7. The van der Waals surface area contributed by atoms with Crippen molar-refractivity contribution in [3.05, 3.63) is 104 Å². The van der Waals surface area contributed by atoms with Crippen molar-refractivity contribution >= 4 is 18.4 Å². The number of benzene rings is 2. The fourth-order valence-electron chi connectivity index (χ4n) is 4.88. The molecule has 2 aromatic carbocycles. The van der Waals surface area contributed by atoms with E-state index in [1.807, 2.05) is 0 Å². The van der Waals surface area contributed by atoms with Gasteiger partial charge in [0, 0.05) is 0 Å². The van der Waals surface area contributed by atoms with Gasteiger partial charge in [-0.1, -0.05) is 105 Å². The third-order valence-corrected chi connectivity index (χ3v) is 12.8. The Hall–Kier alpha value is -1.15. The molecule has 0 amide bonds. The van der Waals surface area contributed by atoms with Crippen LogP contribution >= 0.6 is 0 Å². The van der Waals surface area contributed by atoms with Crippen molar-refractivity contribution in [2.45, 2.75) is 72.9 Å². The summed E-state index contributed by atoms with van der Waals surface area (Å²) in [5.74, 6) is 0. The van der Waals surface area contributed by atoms with Crippen LogP contribution in [0.25, 0.3) is 0 Å². The smallest absolute Gasteiger partial charge is 0.358 e. The second-order valence-electron chi connectivity index (χ2n) is 8.86. The van der Waals surface area contributed by atoms with Crippen molar-refractivity contribution in [3.63, 3.8) is 0 Å². The van der Waals surface area contributed by atoms with Gasteiger partial charge >= 0.3 is 21.7 Å². The standard InChI is InChI=1S/C27H35Si.3CH3.Ti/c1-9-23-15-24(10-2)17-26(16-23)28(8,25-13-11-12-19(3)14-25)27(7)18-20(4)21(5)22(27)6;;;;/h11-17H,9-10H2,1-8H3;3*1H3;/q4*-1;+4. The topological polar surface area (TPSA) is 0 Å². The van der Waals surface area contributed by atoms with Crippen LogP contribution in [0.1, 0.15) is 58.2 Å². The van der Waals surface area contributed by atoms with Gasteiger partial charge in [-0.2, -0.15) is 11.1 Å². The van der Waals surface area contributed by atoms with E-state index in [0.717, 1.165) is 12.8 Å². The van der Waals surface area contributed by atoms with Crippen LogP contribution in [-0.4, -0.2) is 8.07 Å². The first-order valence-corrected chi connectivity index (χ1v) is 13.2. The molecule has 0 saturated carbocycles. The predicted octanol–water partition coefficient (Wildman–Crippen LogP) is 7.52. The molecule has 32 heavy (non-hydrogen) atoms. The first kappa shape index (κ1) is 33.0. The molecule has 0 nitrogen and oxygen atoms in total. The van der Waals surface area contributed by atoms with Crippen LogP contribution in [0.4, 0.5) is 0 Å². The van der Waals surface area contributed by atoms with Gasteiger partial charge in [-0.15, -0.1) is 6.92 Å². The largest absolute Gasteiger partial charge is 4.00 e. The van der Waals surface area contributed by atoms with Crippen molar-refractivity contribution in [1.29, 1.82) is 0 Å². The molecule has 172 valence electrons. The van der Waals surface area contributed by atoms with E-state index < -0.39 is 8.07 Å². The Balaban J connectivity index is 0. The van der Waals surface area contributed by atoms with Gasteiger partial charge in [0.15, 0.2) is 0 Å². The van der Waals surface area contributed by atoms with Gasteiger partial charge < -0.3 is 22.3 Å². The summed E-state index contributed by atoms with van der Waals surface area (Å²) in [6.45, 7) is 18.6. The van der Waals surface area contributed by atoms with Gasteiger partial charge in [-0.3, -0.25) is 6.08 Å². The van der Waals surface area contributed by atoms with Crippen LogP contribution in [0.5, 0.6) is 0 Å². The summed E-state index contributed by atoms with van der Waals surface area (Å²) in [5, 5.41) is 3.03. The summed E-state index contributed by atoms with van der Waals surface area (Å²) in [6.07, 6.45) is 6.14. The maximum Gasteiger partial charge on any atom is 4.00 e. The molecule has 2 heteroatoms. The fraction of sp³-hybridized carbons (Fsp3) is 0.367. The van der Waals surface area contributed by atoms with E-state index in [1.54, 1.807) is 5.19 Å². The van der Waals surface area contributed by atoms with Crippen LogP contribution in [0.15, 0.2) is 59.2 Å². The zero-order valence-corrected chi connectivity index (χ0v) is 25.0. The molecule has 2 aromatic rings. The van der Waals surface area contributed by atoms with Crippen LogP contribution in [0, 0.1) is 35.3 Å². The predicted molar refractivity (Wildman–Crippen MR) is 146 cm³/mol. The number of hydrogen-bond donors (Lipinski definition) is 0. The van der Waals surface area contributed by atoms with Crippen molar-refractivity contribution in [2.75, 3.05) is 0 Å². The van der Waals surface area contributed by atoms with Crippen LogP contribution in [0.2, 0.25) is 11.6 Å². The van der Waals surface area contributed by atoms with Crippen molar-refractivity contribution in [2.24, 2.45) is 0 Å². The van der Waals surface area contributed by atoms with E-state index in [4.69, 9.17) is 0 Å². The van der Waals surface area contributed by atoms with Crippen molar-refractivity contribution in [1.82, 2.24) is 0 Å². The average molecular weight is 481 g/mol. The summed E-state index contributed by atoms with van der Waals surface area (Å²) in [7, 11) is -2.16. The molecular formula is C30H44SiTi. The quantitative estimate of drug-likeness (QED) is 0.307. The third kappa shape index (κ3) is 5.32. The van der Waals surface area contributed by atoms with E-state index in [9.17, 15) is 0 Å². The average Bonchev–Trinajstić information content (AvgIpc) is 2.90. The maximum atomic E-state index is 3.97. The number of aryl methyl sites for hydroxylation is 3. The molecule has 0 fully saturated rings. The van der Waals surface area contributed by atoms with Gasteiger partial charge in [0.1, 0.15) is 8.07 Å². The Morgan fingerprint density at radius 1 is 0.812 bits per heavy atom. The molecule has 2 unspecified atom stereocenters.